The maximum Gasteiger partial charge on any atom is 0.402 e. The maximum absolute atomic E-state index is 12.3. The lowest BCUT2D eigenvalue weighted by Gasteiger charge is -2.20. The number of sulfonamides is 1. The Morgan fingerprint density at radius 3 is 2.35 bits per heavy atom. The third-order valence-corrected chi connectivity index (χ3v) is 5.40. The van der Waals surface area contributed by atoms with Gasteiger partial charge in [-0.2, -0.15) is 17.5 Å². The largest absolute Gasteiger partial charge is 0.480 e. The van der Waals surface area contributed by atoms with Crippen LogP contribution in [0.3, 0.4) is 0 Å². The smallest absolute Gasteiger partial charge is 0.402 e. The van der Waals surface area contributed by atoms with Crippen LogP contribution in [0, 0.1) is 6.92 Å². The van der Waals surface area contributed by atoms with Crippen molar-refractivity contribution in [1.29, 1.82) is 0 Å². The number of aryl methyl sites for hydroxylation is 1. The van der Waals surface area contributed by atoms with Crippen LogP contribution in [0.1, 0.15) is 5.69 Å². The van der Waals surface area contributed by atoms with E-state index in [4.69, 9.17) is 5.11 Å². The van der Waals surface area contributed by atoms with E-state index in [0.29, 0.717) is 0 Å². The summed E-state index contributed by atoms with van der Waals surface area (Å²) in [4.78, 5) is 22.9. The van der Waals surface area contributed by atoms with Gasteiger partial charge in [0.2, 0.25) is 0 Å². The minimum absolute atomic E-state index is 0.141. The Bertz CT molecular complexity index is 660. The number of carboxylic acid groups (broad SMARTS) is 1. The van der Waals surface area contributed by atoms with Crippen LogP contribution >= 0.6 is 11.3 Å². The van der Waals surface area contributed by atoms with Crippen LogP contribution in [0.25, 0.3) is 0 Å². The summed E-state index contributed by atoms with van der Waals surface area (Å²) in [5.41, 5.74) is -0.141. The van der Waals surface area contributed by atoms with Crippen LogP contribution < -0.4 is 4.87 Å². The second-order valence-electron chi connectivity index (χ2n) is 3.71. The van der Waals surface area contributed by atoms with E-state index in [0.717, 1.165) is 0 Å². The number of nitrogens with one attached hydrogen (secondary N) is 1. The zero-order valence-electron chi connectivity index (χ0n) is 9.89. The van der Waals surface area contributed by atoms with E-state index < -0.39 is 44.3 Å². The van der Waals surface area contributed by atoms with E-state index in [2.05, 4.69) is 4.98 Å². The van der Waals surface area contributed by atoms with Crippen molar-refractivity contribution in [1.82, 2.24) is 9.29 Å². The lowest BCUT2D eigenvalue weighted by Crippen LogP contribution is -2.41. The number of halogens is 3. The molecule has 7 nitrogen and oxygen atoms in total. The highest BCUT2D eigenvalue weighted by molar-refractivity contribution is 7.91. The fourth-order valence-electron chi connectivity index (χ4n) is 1.33. The first-order chi connectivity index (χ1) is 8.93. The second kappa shape index (κ2) is 5.54. The highest BCUT2D eigenvalue weighted by atomic mass is 32.2. The van der Waals surface area contributed by atoms with Gasteiger partial charge in [-0.25, -0.2) is 8.42 Å². The van der Waals surface area contributed by atoms with Gasteiger partial charge < -0.3 is 10.1 Å². The number of carboxylic acids is 1. The molecule has 20 heavy (non-hydrogen) atoms. The zero-order valence-corrected chi connectivity index (χ0v) is 11.5. The number of carbonyl (C=O) groups is 1. The Balaban J connectivity index is 3.27. The molecule has 0 aliphatic rings. The summed E-state index contributed by atoms with van der Waals surface area (Å²) in [5, 5.41) is 8.53. The van der Waals surface area contributed by atoms with Crippen molar-refractivity contribution in [3.63, 3.8) is 0 Å². The summed E-state index contributed by atoms with van der Waals surface area (Å²) in [6, 6.07) is 0. The van der Waals surface area contributed by atoms with Crippen LogP contribution in [-0.2, 0) is 14.8 Å². The van der Waals surface area contributed by atoms with Crippen molar-refractivity contribution in [3.8, 4) is 0 Å². The van der Waals surface area contributed by atoms with Gasteiger partial charge in [-0.3, -0.25) is 9.59 Å². The normalized spacial score (nSPS) is 12.8. The molecule has 2 N–H and O–H groups in total. The van der Waals surface area contributed by atoms with Gasteiger partial charge in [0.15, 0.2) is 4.21 Å². The highest BCUT2D eigenvalue weighted by Crippen LogP contribution is 2.25. The summed E-state index contributed by atoms with van der Waals surface area (Å²) in [5.74, 6) is -1.74. The molecule has 0 amide bonds. The summed E-state index contributed by atoms with van der Waals surface area (Å²) < 4.78 is 60.1. The molecule has 1 rings (SSSR count). The summed E-state index contributed by atoms with van der Waals surface area (Å²) in [6.45, 7) is -2.11. The van der Waals surface area contributed by atoms with Crippen molar-refractivity contribution < 1.29 is 31.5 Å². The van der Waals surface area contributed by atoms with Crippen LogP contribution in [0.5, 0.6) is 0 Å². The molecule has 0 bridgehead atoms. The van der Waals surface area contributed by atoms with E-state index in [1.807, 2.05) is 0 Å². The number of aliphatic carboxylic acids is 1. The van der Waals surface area contributed by atoms with Crippen LogP contribution in [0.2, 0.25) is 0 Å². The van der Waals surface area contributed by atoms with Gasteiger partial charge in [0.1, 0.15) is 13.1 Å². The standard InChI is InChI=1S/C8H9F3N2O5S2/c1-4-6(19-7(16)12-4)20(17,18)13(2-5(14)15)3-8(9,10)11/h2-3H2,1H3,(H,12,16)(H,14,15). The number of alkyl halides is 3. The molecule has 0 spiro atoms. The monoisotopic (exact) mass is 334 g/mol. The number of aromatic amines is 1. The second-order valence-corrected chi connectivity index (χ2v) is 6.83. The molecule has 1 aromatic rings. The lowest BCUT2D eigenvalue weighted by molar-refractivity contribution is -0.146. The maximum atomic E-state index is 12.3. The molecule has 0 aliphatic heterocycles. The number of rotatable bonds is 5. The van der Waals surface area contributed by atoms with Crippen molar-refractivity contribution >= 4 is 27.3 Å². The Morgan fingerprint density at radius 2 is 2.00 bits per heavy atom. The predicted molar refractivity (Wildman–Crippen MR) is 62.1 cm³/mol. The lowest BCUT2D eigenvalue weighted by atomic mass is 10.5. The molecule has 0 unspecified atom stereocenters. The third-order valence-electron chi connectivity index (χ3n) is 2.02. The molecule has 0 saturated carbocycles. The van der Waals surface area contributed by atoms with Gasteiger partial charge >= 0.3 is 17.0 Å². The number of hydrogen-bond donors (Lipinski definition) is 2. The molecule has 1 heterocycles. The van der Waals surface area contributed by atoms with Gasteiger partial charge in [0, 0.05) is 5.69 Å². The highest BCUT2D eigenvalue weighted by Gasteiger charge is 2.39. The predicted octanol–water partition coefficient (Wildman–Crippen LogP) is 0.382. The van der Waals surface area contributed by atoms with Crippen molar-refractivity contribution in [3.05, 3.63) is 15.4 Å². The van der Waals surface area contributed by atoms with E-state index in [1.54, 1.807) is 0 Å². The summed E-state index contributed by atoms with van der Waals surface area (Å²) in [6.07, 6.45) is -4.91. The van der Waals surface area contributed by atoms with E-state index >= 15 is 0 Å². The Morgan fingerprint density at radius 1 is 1.45 bits per heavy atom. The molecule has 0 aliphatic carbocycles. The minimum atomic E-state index is -4.91. The number of aromatic nitrogens is 1. The number of hydrogen-bond acceptors (Lipinski definition) is 5. The molecular formula is C8H9F3N2O5S2. The molecule has 0 saturated heterocycles. The Hall–Kier alpha value is -1.40. The van der Waals surface area contributed by atoms with E-state index in [-0.39, 0.29) is 21.3 Å². The SMILES string of the molecule is Cc1[nH]c(=O)sc1S(=O)(=O)N(CC(=O)O)CC(F)(F)F. The average molecular weight is 334 g/mol. The number of thiazole rings is 1. The summed E-state index contributed by atoms with van der Waals surface area (Å²) in [7, 11) is -4.72. The van der Waals surface area contributed by atoms with E-state index in [1.165, 1.54) is 6.92 Å². The minimum Gasteiger partial charge on any atom is -0.480 e. The Labute approximate surface area is 114 Å². The average Bonchev–Trinajstić information content (AvgIpc) is 2.54. The topological polar surface area (TPSA) is 108 Å². The molecule has 1 aromatic heterocycles. The molecule has 0 fully saturated rings. The number of nitrogens with zero attached hydrogens (tertiary/aromatic N) is 1. The summed E-state index contributed by atoms with van der Waals surface area (Å²) >= 11 is 0.202. The molecule has 0 radical (unpaired) electrons. The molecule has 0 atom stereocenters. The first kappa shape index (κ1) is 16.7. The van der Waals surface area contributed by atoms with Crippen molar-refractivity contribution in [2.24, 2.45) is 0 Å². The quantitative estimate of drug-likeness (QED) is 0.809. The molecular weight excluding hydrogens is 325 g/mol. The Kier molecular flexibility index (Phi) is 4.61. The third kappa shape index (κ3) is 4.05. The van der Waals surface area contributed by atoms with Gasteiger partial charge in [-0.15, -0.1) is 0 Å². The van der Waals surface area contributed by atoms with E-state index in [9.17, 15) is 31.2 Å². The molecule has 114 valence electrons. The molecule has 0 aromatic carbocycles. The van der Waals surface area contributed by atoms with Crippen LogP contribution in [-0.4, -0.2) is 48.0 Å². The van der Waals surface area contributed by atoms with Gasteiger partial charge in [0.25, 0.3) is 10.0 Å². The first-order valence-corrected chi connectivity index (χ1v) is 7.17. The first-order valence-electron chi connectivity index (χ1n) is 4.92. The van der Waals surface area contributed by atoms with Gasteiger partial charge in [-0.1, -0.05) is 11.3 Å². The molecule has 12 heteroatoms. The van der Waals surface area contributed by atoms with Crippen molar-refractivity contribution in [2.45, 2.75) is 17.3 Å². The van der Waals surface area contributed by atoms with Crippen LogP contribution in [0.15, 0.2) is 9.00 Å². The fourth-order valence-corrected chi connectivity index (χ4v) is 4.14. The van der Waals surface area contributed by atoms with Crippen LogP contribution in [0.4, 0.5) is 13.2 Å². The number of H-pyrrole nitrogens is 1. The fraction of sp³-hybridized carbons (Fsp3) is 0.500. The zero-order chi connectivity index (χ0) is 15.7. The van der Waals surface area contributed by atoms with Gasteiger partial charge in [0.05, 0.1) is 0 Å². The van der Waals surface area contributed by atoms with Crippen molar-refractivity contribution in [2.75, 3.05) is 13.1 Å². The van der Waals surface area contributed by atoms with Gasteiger partial charge in [-0.05, 0) is 6.92 Å².